The Bertz CT molecular complexity index is 200. The van der Waals surface area contributed by atoms with Crippen LogP contribution in [0.4, 0.5) is 0 Å². The first-order valence-electron chi connectivity index (χ1n) is 4.84. The Labute approximate surface area is 80.0 Å². The average molecular weight is 182 g/mol. The van der Waals surface area contributed by atoms with E-state index in [0.717, 1.165) is 19.6 Å². The van der Waals surface area contributed by atoms with Crippen molar-refractivity contribution in [3.8, 4) is 0 Å². The van der Waals surface area contributed by atoms with Crippen LogP contribution < -0.4 is 0 Å². The minimum Gasteiger partial charge on any atom is -0.381 e. The first kappa shape index (κ1) is 10.5. The first-order chi connectivity index (χ1) is 6.10. The maximum Gasteiger partial charge on any atom is 0.155 e. The van der Waals surface area contributed by atoms with Gasteiger partial charge in [-0.05, 0) is 18.4 Å². The third kappa shape index (κ3) is 2.19. The maximum absolute atomic E-state index is 11.3. The Balaban J connectivity index is 2.67. The van der Waals surface area contributed by atoms with Crippen molar-refractivity contribution in [1.82, 2.24) is 0 Å². The molecular formula is C11H18O2. The molecule has 2 nitrogen and oxygen atoms in total. The lowest BCUT2D eigenvalue weighted by atomic mass is 9.73. The molecule has 0 bridgehead atoms. The summed E-state index contributed by atoms with van der Waals surface area (Å²) >= 11 is 0. The summed E-state index contributed by atoms with van der Waals surface area (Å²) in [4.78, 5) is 11.3. The predicted octanol–water partition coefficient (Wildman–Crippen LogP) is 2.19. The Morgan fingerprint density at radius 3 is 2.77 bits per heavy atom. The van der Waals surface area contributed by atoms with Crippen LogP contribution in [0.2, 0.25) is 0 Å². The number of allylic oxidation sites excluding steroid dienone is 1. The van der Waals surface area contributed by atoms with Crippen molar-refractivity contribution in [2.45, 2.75) is 26.7 Å². The van der Waals surface area contributed by atoms with E-state index in [1.807, 2.05) is 0 Å². The molecule has 0 aromatic carbocycles. The molecule has 1 saturated heterocycles. The van der Waals surface area contributed by atoms with Crippen molar-refractivity contribution < 1.29 is 9.53 Å². The summed E-state index contributed by atoms with van der Waals surface area (Å²) in [7, 11) is 0. The Hall–Kier alpha value is -0.630. The van der Waals surface area contributed by atoms with Gasteiger partial charge in [-0.1, -0.05) is 20.4 Å². The molecule has 0 aromatic rings. The van der Waals surface area contributed by atoms with Gasteiger partial charge in [0.05, 0.1) is 6.61 Å². The second-order valence-corrected chi connectivity index (χ2v) is 4.17. The predicted molar refractivity (Wildman–Crippen MR) is 52.5 cm³/mol. The van der Waals surface area contributed by atoms with E-state index in [4.69, 9.17) is 4.74 Å². The number of hydrogen-bond acceptors (Lipinski definition) is 2. The summed E-state index contributed by atoms with van der Waals surface area (Å²) in [5.74, 6) is 0.637. The van der Waals surface area contributed by atoms with E-state index in [2.05, 4.69) is 20.4 Å². The van der Waals surface area contributed by atoms with Gasteiger partial charge in [-0.2, -0.15) is 0 Å². The van der Waals surface area contributed by atoms with E-state index in [9.17, 15) is 4.79 Å². The van der Waals surface area contributed by atoms with Crippen molar-refractivity contribution in [2.75, 3.05) is 13.2 Å². The molecule has 1 aliphatic rings. The molecule has 0 saturated carbocycles. The van der Waals surface area contributed by atoms with Gasteiger partial charge in [-0.25, -0.2) is 0 Å². The molecule has 74 valence electrons. The molecule has 1 rings (SSSR count). The van der Waals surface area contributed by atoms with E-state index >= 15 is 0 Å². The second-order valence-electron chi connectivity index (χ2n) is 4.17. The van der Waals surface area contributed by atoms with Crippen molar-refractivity contribution >= 4 is 5.78 Å². The number of rotatable bonds is 4. The fourth-order valence-corrected chi connectivity index (χ4v) is 1.84. The molecule has 0 spiro atoms. The van der Waals surface area contributed by atoms with Gasteiger partial charge in [0, 0.05) is 18.4 Å². The lowest BCUT2D eigenvalue weighted by Crippen LogP contribution is -2.30. The summed E-state index contributed by atoms with van der Waals surface area (Å²) in [6, 6.07) is 0. The molecule has 0 radical (unpaired) electrons. The van der Waals surface area contributed by atoms with Crippen LogP contribution in [0, 0.1) is 11.3 Å². The summed E-state index contributed by atoms with van der Waals surface area (Å²) in [6.07, 6.45) is 3.01. The Morgan fingerprint density at radius 1 is 1.69 bits per heavy atom. The van der Waals surface area contributed by atoms with Crippen LogP contribution in [0.15, 0.2) is 12.7 Å². The molecule has 2 heteroatoms. The number of ether oxygens (including phenoxy) is 1. The molecule has 1 aliphatic heterocycles. The fraction of sp³-hybridized carbons (Fsp3) is 0.727. The van der Waals surface area contributed by atoms with E-state index in [1.165, 1.54) is 6.08 Å². The number of carbonyl (C=O) groups excluding carboxylic acids is 1. The molecule has 1 unspecified atom stereocenters. The zero-order valence-corrected chi connectivity index (χ0v) is 8.51. The molecule has 13 heavy (non-hydrogen) atoms. The largest absolute Gasteiger partial charge is 0.381 e. The van der Waals surface area contributed by atoms with Gasteiger partial charge < -0.3 is 4.74 Å². The normalized spacial score (nSPS) is 27.9. The van der Waals surface area contributed by atoms with Crippen molar-refractivity contribution in [3.05, 3.63) is 12.7 Å². The van der Waals surface area contributed by atoms with Gasteiger partial charge in [-0.15, -0.1) is 0 Å². The third-order valence-corrected chi connectivity index (χ3v) is 3.11. The number of ketones is 1. The zero-order valence-electron chi connectivity index (χ0n) is 8.51. The summed E-state index contributed by atoms with van der Waals surface area (Å²) in [6.45, 7) is 9.34. The molecule has 0 amide bonds. The van der Waals surface area contributed by atoms with Gasteiger partial charge in [0.15, 0.2) is 5.78 Å². The topological polar surface area (TPSA) is 26.3 Å². The monoisotopic (exact) mass is 182 g/mol. The van der Waals surface area contributed by atoms with Crippen LogP contribution in [-0.4, -0.2) is 19.0 Å². The summed E-state index contributed by atoms with van der Waals surface area (Å²) < 4.78 is 5.38. The van der Waals surface area contributed by atoms with E-state index < -0.39 is 0 Å². The third-order valence-electron chi connectivity index (χ3n) is 3.11. The standard InChI is InChI=1S/C11H18O2/c1-4-10(12)7-11(9(2)3)5-6-13-8-11/h4,9H,1,5-8H2,2-3H3. The van der Waals surface area contributed by atoms with E-state index in [-0.39, 0.29) is 11.2 Å². The zero-order chi connectivity index (χ0) is 9.90. The molecule has 0 aromatic heterocycles. The van der Waals surface area contributed by atoms with E-state index in [0.29, 0.717) is 12.3 Å². The lowest BCUT2D eigenvalue weighted by molar-refractivity contribution is -0.117. The van der Waals surface area contributed by atoms with Crippen LogP contribution in [0.1, 0.15) is 26.7 Å². The molecule has 1 heterocycles. The Morgan fingerprint density at radius 2 is 2.38 bits per heavy atom. The number of carbonyl (C=O) groups is 1. The highest BCUT2D eigenvalue weighted by atomic mass is 16.5. The van der Waals surface area contributed by atoms with Crippen LogP contribution in [0.5, 0.6) is 0 Å². The van der Waals surface area contributed by atoms with E-state index in [1.54, 1.807) is 0 Å². The second kappa shape index (κ2) is 4.05. The smallest absolute Gasteiger partial charge is 0.155 e. The molecule has 1 fully saturated rings. The summed E-state index contributed by atoms with van der Waals surface area (Å²) in [5, 5.41) is 0. The summed E-state index contributed by atoms with van der Waals surface area (Å²) in [5.41, 5.74) is 0.0747. The minimum atomic E-state index is 0.0747. The fourth-order valence-electron chi connectivity index (χ4n) is 1.84. The molecular weight excluding hydrogens is 164 g/mol. The first-order valence-corrected chi connectivity index (χ1v) is 4.84. The molecule has 0 aliphatic carbocycles. The van der Waals surface area contributed by atoms with Gasteiger partial charge in [0.25, 0.3) is 0 Å². The quantitative estimate of drug-likeness (QED) is 0.623. The van der Waals surface area contributed by atoms with Crippen molar-refractivity contribution in [1.29, 1.82) is 0 Å². The van der Waals surface area contributed by atoms with Gasteiger partial charge in [0.1, 0.15) is 0 Å². The highest BCUT2D eigenvalue weighted by Gasteiger charge is 2.38. The van der Waals surface area contributed by atoms with Crippen molar-refractivity contribution in [3.63, 3.8) is 0 Å². The van der Waals surface area contributed by atoms with Crippen LogP contribution in [0.25, 0.3) is 0 Å². The molecule has 0 N–H and O–H groups in total. The Kier molecular flexibility index (Phi) is 3.26. The van der Waals surface area contributed by atoms with Gasteiger partial charge >= 0.3 is 0 Å². The molecule has 1 atom stereocenters. The van der Waals surface area contributed by atoms with Gasteiger partial charge in [0.2, 0.25) is 0 Å². The van der Waals surface area contributed by atoms with Crippen LogP contribution in [-0.2, 0) is 9.53 Å². The van der Waals surface area contributed by atoms with Crippen LogP contribution in [0.3, 0.4) is 0 Å². The van der Waals surface area contributed by atoms with Crippen molar-refractivity contribution in [2.24, 2.45) is 11.3 Å². The maximum atomic E-state index is 11.3. The minimum absolute atomic E-state index is 0.0747. The van der Waals surface area contributed by atoms with Crippen LogP contribution >= 0.6 is 0 Å². The lowest BCUT2D eigenvalue weighted by Gasteiger charge is -2.30. The SMILES string of the molecule is C=CC(=O)CC1(C(C)C)CCOC1. The van der Waals surface area contributed by atoms with Gasteiger partial charge in [-0.3, -0.25) is 4.79 Å². The average Bonchev–Trinajstić information content (AvgIpc) is 2.54. The number of hydrogen-bond donors (Lipinski definition) is 0. The highest BCUT2D eigenvalue weighted by Crippen LogP contribution is 2.39. The highest BCUT2D eigenvalue weighted by molar-refractivity contribution is 5.89.